The molecule has 0 aromatic carbocycles. The summed E-state index contributed by atoms with van der Waals surface area (Å²) >= 11 is 0. The van der Waals surface area contributed by atoms with E-state index in [2.05, 4.69) is 24.8 Å². The van der Waals surface area contributed by atoms with Gasteiger partial charge in [-0.25, -0.2) is 15.0 Å². The highest BCUT2D eigenvalue weighted by Gasteiger charge is 2.23. The molecule has 148 valence electrons. The summed E-state index contributed by atoms with van der Waals surface area (Å²) in [6.07, 6.45) is 4.95. The van der Waals surface area contributed by atoms with Crippen LogP contribution < -0.4 is 14.5 Å². The maximum absolute atomic E-state index is 12.4. The highest BCUT2D eigenvalue weighted by atomic mass is 16.5. The number of amides is 1. The van der Waals surface area contributed by atoms with Crippen LogP contribution in [0.2, 0.25) is 0 Å². The van der Waals surface area contributed by atoms with Gasteiger partial charge in [-0.05, 0) is 12.1 Å². The molecule has 0 radical (unpaired) electrons. The van der Waals surface area contributed by atoms with Crippen molar-refractivity contribution in [2.75, 3.05) is 68.9 Å². The van der Waals surface area contributed by atoms with Gasteiger partial charge >= 0.3 is 6.01 Å². The van der Waals surface area contributed by atoms with E-state index in [0.717, 1.165) is 24.9 Å². The zero-order chi connectivity index (χ0) is 19.2. The number of hydrogen-bond donors (Lipinski definition) is 0. The molecule has 2 saturated heterocycles. The molecule has 2 aromatic rings. The molecule has 4 heterocycles. The van der Waals surface area contributed by atoms with Crippen LogP contribution in [0.5, 0.6) is 6.01 Å². The van der Waals surface area contributed by atoms with Gasteiger partial charge < -0.3 is 24.2 Å². The second-order valence-corrected chi connectivity index (χ2v) is 6.50. The first-order chi connectivity index (χ1) is 13.8. The third-order valence-corrected chi connectivity index (χ3v) is 4.75. The van der Waals surface area contributed by atoms with E-state index in [1.807, 2.05) is 6.07 Å². The third kappa shape index (κ3) is 4.45. The Morgan fingerprint density at radius 1 is 0.964 bits per heavy atom. The Kier molecular flexibility index (Phi) is 5.76. The Morgan fingerprint density at radius 3 is 2.46 bits per heavy atom. The number of carbonyl (C=O) groups excluding carboxylic acids is 1. The van der Waals surface area contributed by atoms with E-state index in [1.165, 1.54) is 0 Å². The standard InChI is InChI=1S/C18H23N7O3/c26-16(14-28-18-20-3-1-4-21-18)24-8-6-23(7-9-24)15-2-5-19-17(22-15)25-10-12-27-13-11-25/h1-5H,6-14H2. The fourth-order valence-electron chi connectivity index (χ4n) is 3.19. The van der Waals surface area contributed by atoms with Gasteiger partial charge in [0.25, 0.3) is 5.91 Å². The summed E-state index contributed by atoms with van der Waals surface area (Å²) in [5.41, 5.74) is 0. The van der Waals surface area contributed by atoms with Crippen molar-refractivity contribution in [1.82, 2.24) is 24.8 Å². The summed E-state index contributed by atoms with van der Waals surface area (Å²) in [5.74, 6) is 1.55. The summed E-state index contributed by atoms with van der Waals surface area (Å²) in [6, 6.07) is 3.83. The van der Waals surface area contributed by atoms with Gasteiger partial charge in [-0.3, -0.25) is 4.79 Å². The molecule has 0 N–H and O–H groups in total. The van der Waals surface area contributed by atoms with Gasteiger partial charge in [-0.2, -0.15) is 4.98 Å². The minimum atomic E-state index is -0.0659. The number of nitrogens with zero attached hydrogens (tertiary/aromatic N) is 7. The number of piperazine rings is 1. The van der Waals surface area contributed by atoms with Crippen molar-refractivity contribution in [3.05, 3.63) is 30.7 Å². The van der Waals surface area contributed by atoms with Crippen LogP contribution in [-0.2, 0) is 9.53 Å². The van der Waals surface area contributed by atoms with Crippen LogP contribution in [0.3, 0.4) is 0 Å². The van der Waals surface area contributed by atoms with Gasteiger partial charge in [-0.15, -0.1) is 0 Å². The van der Waals surface area contributed by atoms with Crippen LogP contribution in [0.15, 0.2) is 30.7 Å². The number of hydrogen-bond acceptors (Lipinski definition) is 9. The number of morpholine rings is 1. The van der Waals surface area contributed by atoms with E-state index >= 15 is 0 Å². The van der Waals surface area contributed by atoms with E-state index in [0.29, 0.717) is 39.4 Å². The molecule has 0 bridgehead atoms. The second kappa shape index (κ2) is 8.79. The fourth-order valence-corrected chi connectivity index (χ4v) is 3.19. The molecule has 0 unspecified atom stereocenters. The average Bonchev–Trinajstić information content (AvgIpc) is 2.79. The molecular weight excluding hydrogens is 362 g/mol. The normalized spacial score (nSPS) is 17.5. The monoisotopic (exact) mass is 385 g/mol. The van der Waals surface area contributed by atoms with Gasteiger partial charge in [0.15, 0.2) is 6.61 Å². The maximum atomic E-state index is 12.4. The largest absolute Gasteiger partial charge is 0.453 e. The fraction of sp³-hybridized carbons (Fsp3) is 0.500. The summed E-state index contributed by atoms with van der Waals surface area (Å²) in [6.45, 7) is 5.62. The first kappa shape index (κ1) is 18.4. The molecular formula is C18H23N7O3. The molecule has 2 aliphatic rings. The highest BCUT2D eigenvalue weighted by molar-refractivity contribution is 5.78. The minimum absolute atomic E-state index is 0.0568. The summed E-state index contributed by atoms with van der Waals surface area (Å²) in [7, 11) is 0. The minimum Gasteiger partial charge on any atom is -0.453 e. The van der Waals surface area contributed by atoms with Gasteiger partial charge in [0, 0.05) is 57.9 Å². The number of aromatic nitrogens is 4. The van der Waals surface area contributed by atoms with Crippen LogP contribution in [0.4, 0.5) is 11.8 Å². The Morgan fingerprint density at radius 2 is 1.71 bits per heavy atom. The first-order valence-corrected chi connectivity index (χ1v) is 9.38. The molecule has 4 rings (SSSR count). The lowest BCUT2D eigenvalue weighted by atomic mass is 10.3. The third-order valence-electron chi connectivity index (χ3n) is 4.75. The van der Waals surface area contributed by atoms with E-state index in [4.69, 9.17) is 14.5 Å². The first-order valence-electron chi connectivity index (χ1n) is 9.38. The Hall–Kier alpha value is -3.01. The molecule has 0 aliphatic carbocycles. The Balaban J connectivity index is 1.29. The molecule has 0 saturated carbocycles. The van der Waals surface area contributed by atoms with Crippen LogP contribution in [0.1, 0.15) is 0 Å². The molecule has 28 heavy (non-hydrogen) atoms. The SMILES string of the molecule is O=C(COc1ncccn1)N1CCN(c2ccnc(N3CCOCC3)n2)CC1. The van der Waals surface area contributed by atoms with Crippen LogP contribution in [0, 0.1) is 0 Å². The predicted octanol–water partition coefficient (Wildman–Crippen LogP) is -0.169. The van der Waals surface area contributed by atoms with Gasteiger partial charge in [0.05, 0.1) is 13.2 Å². The van der Waals surface area contributed by atoms with E-state index < -0.39 is 0 Å². The van der Waals surface area contributed by atoms with Crippen molar-refractivity contribution in [1.29, 1.82) is 0 Å². The van der Waals surface area contributed by atoms with Crippen LogP contribution in [0.25, 0.3) is 0 Å². The maximum Gasteiger partial charge on any atom is 0.316 e. The van der Waals surface area contributed by atoms with E-state index in [9.17, 15) is 4.79 Å². The summed E-state index contributed by atoms with van der Waals surface area (Å²) < 4.78 is 10.7. The van der Waals surface area contributed by atoms with Crippen molar-refractivity contribution in [2.24, 2.45) is 0 Å². The molecule has 10 nitrogen and oxygen atoms in total. The Labute approximate surface area is 163 Å². The predicted molar refractivity (Wildman–Crippen MR) is 101 cm³/mol. The molecule has 0 spiro atoms. The summed E-state index contributed by atoms with van der Waals surface area (Å²) in [4.78, 5) is 35.5. The van der Waals surface area contributed by atoms with Crippen molar-refractivity contribution < 1.29 is 14.3 Å². The molecule has 1 amide bonds. The van der Waals surface area contributed by atoms with E-state index in [1.54, 1.807) is 29.6 Å². The zero-order valence-corrected chi connectivity index (χ0v) is 15.6. The molecule has 10 heteroatoms. The lowest BCUT2D eigenvalue weighted by Gasteiger charge is -2.35. The van der Waals surface area contributed by atoms with Crippen LogP contribution in [-0.4, -0.2) is 89.8 Å². The lowest BCUT2D eigenvalue weighted by molar-refractivity contribution is -0.133. The van der Waals surface area contributed by atoms with E-state index in [-0.39, 0.29) is 18.5 Å². The molecule has 2 aromatic heterocycles. The second-order valence-electron chi connectivity index (χ2n) is 6.50. The quantitative estimate of drug-likeness (QED) is 0.695. The van der Waals surface area contributed by atoms with Gasteiger partial charge in [0.1, 0.15) is 5.82 Å². The van der Waals surface area contributed by atoms with Crippen molar-refractivity contribution in [2.45, 2.75) is 0 Å². The smallest absolute Gasteiger partial charge is 0.316 e. The Bertz CT molecular complexity index is 778. The molecule has 2 aliphatic heterocycles. The van der Waals surface area contributed by atoms with Crippen LogP contribution >= 0.6 is 0 Å². The van der Waals surface area contributed by atoms with Gasteiger partial charge in [0.2, 0.25) is 5.95 Å². The average molecular weight is 385 g/mol. The number of carbonyl (C=O) groups is 1. The van der Waals surface area contributed by atoms with Crippen molar-refractivity contribution in [3.8, 4) is 6.01 Å². The van der Waals surface area contributed by atoms with Gasteiger partial charge in [-0.1, -0.05) is 0 Å². The molecule has 0 atom stereocenters. The number of rotatable bonds is 5. The number of anilines is 2. The van der Waals surface area contributed by atoms with Crippen molar-refractivity contribution in [3.63, 3.8) is 0 Å². The zero-order valence-electron chi connectivity index (χ0n) is 15.6. The summed E-state index contributed by atoms with van der Waals surface area (Å²) in [5, 5.41) is 0. The van der Waals surface area contributed by atoms with Crippen molar-refractivity contribution >= 4 is 17.7 Å². The molecule has 2 fully saturated rings. The topological polar surface area (TPSA) is 96.8 Å². The lowest BCUT2D eigenvalue weighted by Crippen LogP contribution is -2.50. The number of ether oxygens (including phenoxy) is 2. The highest BCUT2D eigenvalue weighted by Crippen LogP contribution is 2.17.